The lowest BCUT2D eigenvalue weighted by Crippen LogP contribution is -2.35. The Kier molecular flexibility index (Phi) is 1.85. The maximum atomic E-state index is 9.48. The fraction of sp³-hybridized carbons (Fsp3) is 0.250. The van der Waals surface area contributed by atoms with Crippen LogP contribution in [0.5, 0.6) is 0 Å². The first kappa shape index (κ1) is 8.04. The first-order valence-corrected chi connectivity index (χ1v) is 3.43. The van der Waals surface area contributed by atoms with Gasteiger partial charge in [-0.2, -0.15) is 4.65 Å². The molecule has 0 aliphatic carbocycles. The minimum atomic E-state index is -0.166. The van der Waals surface area contributed by atoms with Crippen molar-refractivity contribution in [3.05, 3.63) is 24.3 Å². The van der Waals surface area contributed by atoms with Gasteiger partial charge in [0, 0.05) is 17.8 Å². The van der Waals surface area contributed by atoms with Crippen molar-refractivity contribution in [3.8, 4) is 0 Å². The average molecular weight is 153 g/mol. The zero-order chi connectivity index (χ0) is 8.48. The highest BCUT2D eigenvalue weighted by Crippen LogP contribution is 2.17. The summed E-state index contributed by atoms with van der Waals surface area (Å²) in [7, 11) is 3.37. The van der Waals surface area contributed by atoms with E-state index >= 15 is 0 Å². The Morgan fingerprint density at radius 3 is 2.00 bits per heavy atom. The number of quaternary nitrogens is 1. The van der Waals surface area contributed by atoms with E-state index in [9.17, 15) is 5.21 Å². The van der Waals surface area contributed by atoms with E-state index in [4.69, 9.17) is 5.73 Å². The van der Waals surface area contributed by atoms with Gasteiger partial charge in [0.1, 0.15) is 14.1 Å². The van der Waals surface area contributed by atoms with Crippen molar-refractivity contribution < 1.29 is 5.21 Å². The molecule has 0 aliphatic heterocycles. The van der Waals surface area contributed by atoms with Gasteiger partial charge in [0.25, 0.3) is 0 Å². The summed E-state index contributed by atoms with van der Waals surface area (Å²) >= 11 is 0. The Balaban J connectivity index is 2.99. The Labute approximate surface area is 66.2 Å². The molecular weight excluding hydrogens is 140 g/mol. The Bertz CT molecular complexity index is 235. The van der Waals surface area contributed by atoms with Crippen LogP contribution in [0.4, 0.5) is 11.4 Å². The molecule has 0 spiro atoms. The molecule has 60 valence electrons. The second-order valence-electron chi connectivity index (χ2n) is 2.99. The van der Waals surface area contributed by atoms with E-state index in [-0.39, 0.29) is 4.65 Å². The van der Waals surface area contributed by atoms with Crippen molar-refractivity contribution >= 4 is 11.4 Å². The fourth-order valence-electron chi connectivity index (χ4n) is 0.839. The van der Waals surface area contributed by atoms with E-state index in [0.29, 0.717) is 5.69 Å². The number of nitrogen functional groups attached to an aromatic ring is 1. The van der Waals surface area contributed by atoms with Crippen molar-refractivity contribution in [3.63, 3.8) is 0 Å². The van der Waals surface area contributed by atoms with Crippen LogP contribution in [0, 0.1) is 0 Å². The van der Waals surface area contributed by atoms with Crippen LogP contribution in [0.25, 0.3) is 0 Å². The van der Waals surface area contributed by atoms with Crippen LogP contribution < -0.4 is 10.4 Å². The van der Waals surface area contributed by atoms with Crippen molar-refractivity contribution in [1.82, 2.24) is 4.65 Å². The molecule has 0 fully saturated rings. The van der Waals surface area contributed by atoms with E-state index in [0.717, 1.165) is 5.69 Å². The highest BCUT2D eigenvalue weighted by atomic mass is 16.5. The van der Waals surface area contributed by atoms with E-state index in [2.05, 4.69) is 0 Å². The molecule has 1 rings (SSSR count). The van der Waals surface area contributed by atoms with Gasteiger partial charge in [-0.3, -0.25) is 0 Å². The first-order valence-electron chi connectivity index (χ1n) is 3.43. The van der Waals surface area contributed by atoms with E-state index in [1.165, 1.54) is 0 Å². The fourth-order valence-corrected chi connectivity index (χ4v) is 0.839. The minimum absolute atomic E-state index is 0.166. The second kappa shape index (κ2) is 2.53. The SMILES string of the molecule is C[N+](C)(O)c1ccc(N)cc1. The molecule has 3 heteroatoms. The topological polar surface area (TPSA) is 46.2 Å². The lowest BCUT2D eigenvalue weighted by Gasteiger charge is -2.18. The number of hydroxylamine groups is 2. The summed E-state index contributed by atoms with van der Waals surface area (Å²) in [5.74, 6) is 0. The molecule has 11 heavy (non-hydrogen) atoms. The largest absolute Gasteiger partial charge is 0.399 e. The van der Waals surface area contributed by atoms with E-state index in [1.54, 1.807) is 38.4 Å². The van der Waals surface area contributed by atoms with Crippen LogP contribution in [0.15, 0.2) is 24.3 Å². The monoisotopic (exact) mass is 153 g/mol. The summed E-state index contributed by atoms with van der Waals surface area (Å²) in [4.78, 5) is 0. The van der Waals surface area contributed by atoms with Crippen molar-refractivity contribution in [2.45, 2.75) is 0 Å². The summed E-state index contributed by atoms with van der Waals surface area (Å²) < 4.78 is -0.166. The maximum absolute atomic E-state index is 9.48. The number of hydrogen-bond donors (Lipinski definition) is 2. The van der Waals surface area contributed by atoms with Gasteiger partial charge in [-0.1, -0.05) is 0 Å². The summed E-state index contributed by atoms with van der Waals surface area (Å²) in [5.41, 5.74) is 7.01. The lowest BCUT2D eigenvalue weighted by atomic mass is 10.3. The molecule has 0 atom stereocenters. The molecular formula is C8H13N2O+. The molecule has 0 unspecified atom stereocenters. The number of nitrogens with two attached hydrogens (primary N) is 1. The lowest BCUT2D eigenvalue weighted by molar-refractivity contribution is -0.0282. The smallest absolute Gasteiger partial charge is 0.164 e. The quantitative estimate of drug-likeness (QED) is 0.362. The number of nitrogens with zero attached hydrogens (tertiary/aromatic N) is 1. The van der Waals surface area contributed by atoms with Crippen molar-refractivity contribution in [2.24, 2.45) is 0 Å². The van der Waals surface area contributed by atoms with Crippen molar-refractivity contribution in [2.75, 3.05) is 19.8 Å². The first-order chi connectivity index (χ1) is 5.00. The zero-order valence-corrected chi connectivity index (χ0v) is 6.78. The van der Waals surface area contributed by atoms with E-state index in [1.807, 2.05) is 0 Å². The highest BCUT2D eigenvalue weighted by Gasteiger charge is 2.13. The van der Waals surface area contributed by atoms with Gasteiger partial charge >= 0.3 is 0 Å². The Morgan fingerprint density at radius 2 is 1.64 bits per heavy atom. The van der Waals surface area contributed by atoms with Crippen LogP contribution in [0.2, 0.25) is 0 Å². The Morgan fingerprint density at radius 1 is 1.18 bits per heavy atom. The molecule has 1 aromatic carbocycles. The normalized spacial score (nSPS) is 11.5. The molecule has 0 aromatic heterocycles. The molecule has 0 bridgehead atoms. The number of anilines is 1. The zero-order valence-electron chi connectivity index (χ0n) is 6.78. The molecule has 0 amide bonds. The Hall–Kier alpha value is -1.06. The predicted octanol–water partition coefficient (Wildman–Crippen LogP) is 1.22. The molecule has 1 aromatic rings. The molecule has 0 aliphatic rings. The average Bonchev–Trinajstić information content (AvgIpc) is 1.86. The number of rotatable bonds is 1. The van der Waals surface area contributed by atoms with Gasteiger partial charge in [0.05, 0.1) is 0 Å². The third-order valence-corrected chi connectivity index (χ3v) is 1.52. The maximum Gasteiger partial charge on any atom is 0.164 e. The highest BCUT2D eigenvalue weighted by molar-refractivity contribution is 5.48. The molecule has 0 heterocycles. The van der Waals surface area contributed by atoms with Gasteiger partial charge in [-0.25, -0.2) is 5.21 Å². The molecule has 3 N–H and O–H groups in total. The van der Waals surface area contributed by atoms with Crippen LogP contribution in [-0.2, 0) is 0 Å². The molecule has 3 nitrogen and oxygen atoms in total. The van der Waals surface area contributed by atoms with Gasteiger partial charge in [0.15, 0.2) is 5.69 Å². The summed E-state index contributed by atoms with van der Waals surface area (Å²) in [6.45, 7) is 0. The molecule has 0 radical (unpaired) electrons. The minimum Gasteiger partial charge on any atom is -0.399 e. The third-order valence-electron chi connectivity index (χ3n) is 1.52. The van der Waals surface area contributed by atoms with Crippen LogP contribution in [0.3, 0.4) is 0 Å². The third kappa shape index (κ3) is 1.93. The molecule has 0 saturated carbocycles. The van der Waals surface area contributed by atoms with Gasteiger partial charge in [-0.15, -0.1) is 0 Å². The standard InChI is InChI=1S/C8H13N2O/c1-10(2,11)8-5-3-7(9)4-6-8/h3-6,11H,9H2,1-2H3/q+1. The van der Waals surface area contributed by atoms with E-state index < -0.39 is 0 Å². The van der Waals surface area contributed by atoms with Crippen molar-refractivity contribution in [1.29, 1.82) is 0 Å². The summed E-state index contributed by atoms with van der Waals surface area (Å²) in [6, 6.07) is 7.14. The van der Waals surface area contributed by atoms with Gasteiger partial charge < -0.3 is 5.73 Å². The van der Waals surface area contributed by atoms with Crippen LogP contribution >= 0.6 is 0 Å². The number of hydrogen-bond acceptors (Lipinski definition) is 2. The second-order valence-corrected chi connectivity index (χ2v) is 2.99. The van der Waals surface area contributed by atoms with Gasteiger partial charge in [-0.05, 0) is 12.1 Å². The summed E-state index contributed by atoms with van der Waals surface area (Å²) in [5, 5.41) is 9.48. The van der Waals surface area contributed by atoms with Gasteiger partial charge in [0.2, 0.25) is 0 Å². The number of benzene rings is 1. The summed E-state index contributed by atoms with van der Waals surface area (Å²) in [6.07, 6.45) is 0. The molecule has 0 saturated heterocycles. The van der Waals surface area contributed by atoms with Crippen LogP contribution in [0.1, 0.15) is 0 Å². The predicted molar refractivity (Wildman–Crippen MR) is 46.3 cm³/mol. The van der Waals surface area contributed by atoms with Crippen LogP contribution in [-0.4, -0.2) is 19.3 Å².